The van der Waals surface area contributed by atoms with Crippen molar-refractivity contribution in [2.75, 3.05) is 5.75 Å². The summed E-state index contributed by atoms with van der Waals surface area (Å²) in [6.07, 6.45) is 1.32. The molecule has 2 atom stereocenters. The maximum Gasteiger partial charge on any atom is 0.317 e. The summed E-state index contributed by atoms with van der Waals surface area (Å²) in [6, 6.07) is 9.06. The van der Waals surface area contributed by atoms with Crippen molar-refractivity contribution in [1.82, 2.24) is 0 Å². The third-order valence-electron chi connectivity index (χ3n) is 5.08. The molecular formula is C20H30O4S. The van der Waals surface area contributed by atoms with Crippen LogP contribution in [-0.4, -0.2) is 27.5 Å². The maximum atomic E-state index is 13.1. The van der Waals surface area contributed by atoms with Crippen LogP contribution in [0.25, 0.3) is 0 Å². The Kier molecular flexibility index (Phi) is 7.12. The number of aliphatic carboxylic acids is 1. The van der Waals surface area contributed by atoms with Crippen molar-refractivity contribution >= 4 is 23.7 Å². The van der Waals surface area contributed by atoms with Gasteiger partial charge in [-0.05, 0) is 37.3 Å². The lowest BCUT2D eigenvalue weighted by Gasteiger charge is -2.44. The number of rotatable bonds is 8. The van der Waals surface area contributed by atoms with E-state index in [1.165, 1.54) is 11.8 Å². The molecule has 2 unspecified atom stereocenters. The topological polar surface area (TPSA) is 63.6 Å². The molecule has 1 aromatic carbocycles. The number of carboxylic acids is 1. The Morgan fingerprint density at radius 2 is 1.64 bits per heavy atom. The van der Waals surface area contributed by atoms with Gasteiger partial charge in [0.25, 0.3) is 0 Å². The molecular weight excluding hydrogens is 336 g/mol. The highest BCUT2D eigenvalue weighted by Gasteiger charge is 2.49. The average Bonchev–Trinajstić information content (AvgIpc) is 2.52. The third-order valence-corrected chi connectivity index (χ3v) is 6.60. The number of benzene rings is 1. The normalized spacial score (nSPS) is 16.6. The van der Waals surface area contributed by atoms with Crippen LogP contribution < -0.4 is 4.74 Å². The minimum atomic E-state index is -0.839. The van der Waals surface area contributed by atoms with Gasteiger partial charge >= 0.3 is 11.9 Å². The van der Waals surface area contributed by atoms with Crippen molar-refractivity contribution in [2.24, 2.45) is 10.8 Å². The minimum Gasteiger partial charge on any atom is -0.481 e. The van der Waals surface area contributed by atoms with Crippen LogP contribution in [0, 0.1) is 10.8 Å². The van der Waals surface area contributed by atoms with Crippen molar-refractivity contribution in [3.63, 3.8) is 0 Å². The summed E-state index contributed by atoms with van der Waals surface area (Å²) < 4.78 is 5.33. The van der Waals surface area contributed by atoms with E-state index in [9.17, 15) is 9.59 Å². The first-order chi connectivity index (χ1) is 11.4. The molecule has 0 heterocycles. The number of carbonyl (C=O) groups excluding carboxylic acids is 1. The van der Waals surface area contributed by atoms with Crippen LogP contribution in [0.3, 0.4) is 0 Å². The fourth-order valence-electron chi connectivity index (χ4n) is 2.61. The van der Waals surface area contributed by atoms with Gasteiger partial charge in [0.2, 0.25) is 0 Å². The molecule has 4 nitrogen and oxygen atoms in total. The smallest absolute Gasteiger partial charge is 0.317 e. The van der Waals surface area contributed by atoms with E-state index in [4.69, 9.17) is 9.84 Å². The highest BCUT2D eigenvalue weighted by atomic mass is 32.2. The van der Waals surface area contributed by atoms with Gasteiger partial charge in [0.05, 0.1) is 11.2 Å². The van der Waals surface area contributed by atoms with Gasteiger partial charge in [-0.1, -0.05) is 52.8 Å². The Labute approximate surface area is 155 Å². The predicted octanol–water partition coefficient (Wildman–Crippen LogP) is 5.02. The number of para-hydroxylation sites is 1. The molecule has 25 heavy (non-hydrogen) atoms. The first-order valence-electron chi connectivity index (χ1n) is 8.56. The van der Waals surface area contributed by atoms with Gasteiger partial charge in [0, 0.05) is 4.75 Å². The predicted molar refractivity (Wildman–Crippen MR) is 103 cm³/mol. The fraction of sp³-hybridized carbons (Fsp3) is 0.600. The lowest BCUT2D eigenvalue weighted by atomic mass is 9.63. The molecule has 0 aliphatic heterocycles. The van der Waals surface area contributed by atoms with E-state index in [1.54, 1.807) is 12.1 Å². The molecule has 0 aliphatic carbocycles. The Morgan fingerprint density at radius 3 is 2.08 bits per heavy atom. The van der Waals surface area contributed by atoms with Crippen LogP contribution in [0.2, 0.25) is 0 Å². The van der Waals surface area contributed by atoms with Gasteiger partial charge in [0.15, 0.2) is 0 Å². The van der Waals surface area contributed by atoms with Crippen molar-refractivity contribution in [3.8, 4) is 5.75 Å². The van der Waals surface area contributed by atoms with Crippen LogP contribution in [0.1, 0.15) is 54.4 Å². The van der Waals surface area contributed by atoms with Crippen LogP contribution in [0.5, 0.6) is 5.75 Å². The van der Waals surface area contributed by atoms with Gasteiger partial charge in [-0.3, -0.25) is 9.59 Å². The quantitative estimate of drug-likeness (QED) is 0.517. The van der Waals surface area contributed by atoms with Gasteiger partial charge < -0.3 is 9.84 Å². The highest BCUT2D eigenvalue weighted by Crippen LogP contribution is 2.49. The second kappa shape index (κ2) is 8.26. The van der Waals surface area contributed by atoms with Crippen molar-refractivity contribution in [1.29, 1.82) is 0 Å². The molecule has 0 bridgehead atoms. The molecule has 0 saturated heterocycles. The number of esters is 1. The van der Waals surface area contributed by atoms with Gasteiger partial charge in [-0.25, -0.2) is 0 Å². The van der Waals surface area contributed by atoms with Gasteiger partial charge in [-0.2, -0.15) is 0 Å². The number of hydrogen-bond donors (Lipinski definition) is 1. The zero-order valence-electron chi connectivity index (χ0n) is 16.1. The summed E-state index contributed by atoms with van der Waals surface area (Å²) in [6.45, 7) is 12.1. The minimum absolute atomic E-state index is 0.0261. The summed E-state index contributed by atoms with van der Waals surface area (Å²) in [5.41, 5.74) is -1.09. The van der Waals surface area contributed by atoms with Crippen LogP contribution in [0.15, 0.2) is 30.3 Å². The standard InChI is InChI=1S/C20H30O4S/c1-7-19(5,25-13-16(21)22)14-20(6,18(2,3)4)17(23)24-15-11-9-8-10-12-15/h8-12H,7,13-14H2,1-6H3,(H,21,22). The molecule has 1 N–H and O–H groups in total. The van der Waals surface area contributed by atoms with E-state index in [1.807, 2.05) is 59.7 Å². The largest absolute Gasteiger partial charge is 0.481 e. The van der Waals surface area contributed by atoms with Crippen molar-refractivity contribution < 1.29 is 19.4 Å². The summed E-state index contributed by atoms with van der Waals surface area (Å²) >= 11 is 1.39. The molecule has 0 radical (unpaired) electrons. The summed E-state index contributed by atoms with van der Waals surface area (Å²) in [4.78, 5) is 24.1. The lowest BCUT2D eigenvalue weighted by Crippen LogP contribution is -2.47. The first-order valence-corrected chi connectivity index (χ1v) is 9.55. The Morgan fingerprint density at radius 1 is 1.08 bits per heavy atom. The van der Waals surface area contributed by atoms with Crippen molar-refractivity contribution in [3.05, 3.63) is 30.3 Å². The van der Waals surface area contributed by atoms with E-state index in [0.717, 1.165) is 6.42 Å². The lowest BCUT2D eigenvalue weighted by molar-refractivity contribution is -0.153. The number of carbonyl (C=O) groups is 2. The zero-order valence-corrected chi connectivity index (χ0v) is 16.9. The molecule has 0 aromatic heterocycles. The molecule has 0 amide bonds. The Balaban J connectivity index is 3.09. The van der Waals surface area contributed by atoms with Crippen LogP contribution >= 0.6 is 11.8 Å². The van der Waals surface area contributed by atoms with E-state index >= 15 is 0 Å². The SMILES string of the molecule is CCC(C)(CC(C)(C(=O)Oc1ccccc1)C(C)(C)C)SCC(=O)O. The molecule has 1 rings (SSSR count). The summed E-state index contributed by atoms with van der Waals surface area (Å²) in [7, 11) is 0. The van der Waals surface area contributed by atoms with Gasteiger partial charge in [0.1, 0.15) is 5.75 Å². The van der Waals surface area contributed by atoms with E-state index < -0.39 is 11.4 Å². The monoisotopic (exact) mass is 366 g/mol. The number of thioether (sulfide) groups is 1. The summed E-state index contributed by atoms with van der Waals surface area (Å²) in [5.74, 6) is -0.562. The van der Waals surface area contributed by atoms with E-state index in [2.05, 4.69) is 0 Å². The second-order valence-electron chi connectivity index (χ2n) is 7.95. The molecule has 1 aromatic rings. The van der Waals surface area contributed by atoms with E-state index in [0.29, 0.717) is 12.2 Å². The Hall–Kier alpha value is -1.49. The summed E-state index contributed by atoms with van der Waals surface area (Å²) in [5, 5.41) is 9.02. The average molecular weight is 367 g/mol. The van der Waals surface area contributed by atoms with Gasteiger partial charge in [-0.15, -0.1) is 11.8 Å². The molecule has 0 aliphatic rings. The molecule has 5 heteroatoms. The number of hydrogen-bond acceptors (Lipinski definition) is 4. The second-order valence-corrected chi connectivity index (χ2v) is 9.51. The van der Waals surface area contributed by atoms with Crippen molar-refractivity contribution in [2.45, 2.75) is 59.1 Å². The molecule has 0 fully saturated rings. The molecule has 140 valence electrons. The zero-order chi connectivity index (χ0) is 19.3. The van der Waals surface area contributed by atoms with Crippen LogP contribution in [-0.2, 0) is 9.59 Å². The van der Waals surface area contributed by atoms with E-state index in [-0.39, 0.29) is 21.9 Å². The number of ether oxygens (including phenoxy) is 1. The number of carboxylic acid groups (broad SMARTS) is 1. The third kappa shape index (κ3) is 5.77. The highest BCUT2D eigenvalue weighted by molar-refractivity contribution is 8.01. The molecule has 0 saturated carbocycles. The Bertz CT molecular complexity index is 593. The molecule has 0 spiro atoms. The maximum absolute atomic E-state index is 13.1. The van der Waals surface area contributed by atoms with Crippen LogP contribution in [0.4, 0.5) is 0 Å². The first kappa shape index (κ1) is 21.6. The fourth-order valence-corrected chi connectivity index (χ4v) is 3.68.